The molecule has 5 nitrogen and oxygen atoms in total. The molecule has 2 heterocycles. The number of hydrogen-bond acceptors (Lipinski definition) is 4. The average molecular weight is 276 g/mol. The number of hydrogen-bond donors (Lipinski definition) is 2. The van der Waals surface area contributed by atoms with Gasteiger partial charge in [0.2, 0.25) is 0 Å². The second-order valence-electron chi connectivity index (χ2n) is 5.60. The highest BCUT2D eigenvalue weighted by atomic mass is 16.5. The minimum atomic E-state index is 0.0962. The highest BCUT2D eigenvalue weighted by Gasteiger charge is 2.24. The summed E-state index contributed by atoms with van der Waals surface area (Å²) >= 11 is 0. The lowest BCUT2D eigenvalue weighted by Gasteiger charge is -2.34. The van der Waals surface area contributed by atoms with Crippen LogP contribution in [0.1, 0.15) is 29.7 Å². The number of nitrogen functional groups attached to an aromatic ring is 1. The van der Waals surface area contributed by atoms with Crippen LogP contribution in [0, 0.1) is 25.2 Å². The summed E-state index contributed by atoms with van der Waals surface area (Å²) in [6.07, 6.45) is 2.31. The van der Waals surface area contributed by atoms with Crippen LogP contribution < -0.4 is 10.6 Å². The topological polar surface area (TPSA) is 75.2 Å². The predicted molar refractivity (Wildman–Crippen MR) is 81.5 cm³/mol. The van der Waals surface area contributed by atoms with Crippen LogP contribution in [0.2, 0.25) is 0 Å². The number of rotatable bonds is 4. The van der Waals surface area contributed by atoms with Crippen molar-refractivity contribution in [2.24, 2.45) is 11.7 Å². The Kier molecular flexibility index (Phi) is 4.60. The van der Waals surface area contributed by atoms with Gasteiger partial charge in [-0.05, 0) is 44.2 Å². The molecule has 0 bridgehead atoms. The third kappa shape index (κ3) is 3.10. The van der Waals surface area contributed by atoms with Crippen molar-refractivity contribution in [3.8, 4) is 0 Å². The van der Waals surface area contributed by atoms with E-state index in [0.29, 0.717) is 5.92 Å². The van der Waals surface area contributed by atoms with Gasteiger partial charge in [-0.25, -0.2) is 4.98 Å². The first-order chi connectivity index (χ1) is 9.52. The van der Waals surface area contributed by atoms with Gasteiger partial charge in [0.05, 0.1) is 12.2 Å². The van der Waals surface area contributed by atoms with Crippen LogP contribution in [-0.4, -0.2) is 37.6 Å². The molecule has 1 aliphatic heterocycles. The van der Waals surface area contributed by atoms with Gasteiger partial charge in [0.15, 0.2) is 0 Å². The third-order valence-corrected chi connectivity index (χ3v) is 3.82. The second-order valence-corrected chi connectivity index (χ2v) is 5.60. The molecule has 1 aliphatic rings. The molecule has 1 unspecified atom stereocenters. The highest BCUT2D eigenvalue weighted by molar-refractivity contribution is 6.01. The van der Waals surface area contributed by atoms with Crippen LogP contribution in [-0.2, 0) is 4.74 Å². The fourth-order valence-electron chi connectivity index (χ4n) is 3.01. The van der Waals surface area contributed by atoms with Crippen LogP contribution in [0.25, 0.3) is 0 Å². The summed E-state index contributed by atoms with van der Waals surface area (Å²) in [7, 11) is 1.75. The van der Waals surface area contributed by atoms with Crippen LogP contribution in [0.5, 0.6) is 0 Å². The molecule has 20 heavy (non-hydrogen) atoms. The fourth-order valence-corrected chi connectivity index (χ4v) is 3.01. The Balaban J connectivity index is 2.33. The van der Waals surface area contributed by atoms with Gasteiger partial charge in [0.1, 0.15) is 11.7 Å². The number of nitrogens with one attached hydrogen (secondary N) is 1. The molecule has 2 rings (SSSR count). The maximum absolute atomic E-state index is 7.82. The number of pyridine rings is 1. The zero-order chi connectivity index (χ0) is 14.7. The molecule has 3 N–H and O–H groups in total. The second kappa shape index (κ2) is 6.22. The minimum Gasteiger partial charge on any atom is -0.384 e. The summed E-state index contributed by atoms with van der Waals surface area (Å²) in [4.78, 5) is 6.89. The Morgan fingerprint density at radius 3 is 2.95 bits per heavy atom. The number of anilines is 1. The quantitative estimate of drug-likeness (QED) is 0.650. The van der Waals surface area contributed by atoms with Gasteiger partial charge in [0, 0.05) is 25.9 Å². The summed E-state index contributed by atoms with van der Waals surface area (Å²) in [6, 6.07) is 1.98. The summed E-state index contributed by atoms with van der Waals surface area (Å²) in [5, 5.41) is 7.82. The molecule has 1 atom stereocenters. The normalized spacial score (nSPS) is 19.1. The van der Waals surface area contributed by atoms with E-state index in [9.17, 15) is 0 Å². The Morgan fingerprint density at radius 1 is 1.55 bits per heavy atom. The Hall–Kier alpha value is -1.62. The number of amidine groups is 1. The minimum absolute atomic E-state index is 0.0962. The molecular formula is C15H24N4O. The van der Waals surface area contributed by atoms with Crippen molar-refractivity contribution in [1.29, 1.82) is 5.41 Å². The van der Waals surface area contributed by atoms with E-state index >= 15 is 0 Å². The maximum Gasteiger partial charge on any atom is 0.140 e. The third-order valence-electron chi connectivity index (χ3n) is 3.82. The van der Waals surface area contributed by atoms with E-state index < -0.39 is 0 Å². The number of piperidine rings is 1. The van der Waals surface area contributed by atoms with Crippen molar-refractivity contribution < 1.29 is 4.74 Å². The van der Waals surface area contributed by atoms with Crippen molar-refractivity contribution in [2.45, 2.75) is 26.7 Å². The summed E-state index contributed by atoms with van der Waals surface area (Å²) in [5.74, 6) is 1.48. The zero-order valence-corrected chi connectivity index (χ0v) is 12.6. The predicted octanol–water partition coefficient (Wildman–Crippen LogP) is 1.85. The van der Waals surface area contributed by atoms with E-state index in [1.54, 1.807) is 7.11 Å². The van der Waals surface area contributed by atoms with Crippen molar-refractivity contribution in [2.75, 3.05) is 31.7 Å². The number of nitrogens with two attached hydrogens (primary N) is 1. The Bertz CT molecular complexity index is 499. The van der Waals surface area contributed by atoms with Crippen LogP contribution >= 0.6 is 0 Å². The molecule has 1 aromatic heterocycles. The lowest BCUT2D eigenvalue weighted by atomic mass is 9.98. The van der Waals surface area contributed by atoms with Crippen molar-refractivity contribution in [3.63, 3.8) is 0 Å². The van der Waals surface area contributed by atoms with Gasteiger partial charge in [-0.1, -0.05) is 0 Å². The molecule has 1 fully saturated rings. The highest BCUT2D eigenvalue weighted by Crippen LogP contribution is 2.27. The molecule has 0 radical (unpaired) electrons. The standard InChI is InChI=1S/C15H24N4O/c1-10-7-11(2)18-15(13(10)14(16)17)19-6-4-5-12(8-19)9-20-3/h7,12H,4-6,8-9H2,1-3H3,(H3,16,17). The molecule has 0 aliphatic carbocycles. The SMILES string of the molecule is COCC1CCCN(c2nc(C)cc(C)c2C(=N)N)C1. The molecule has 1 aromatic rings. The molecule has 0 aromatic carbocycles. The molecule has 0 saturated carbocycles. The number of ether oxygens (including phenoxy) is 1. The van der Waals surface area contributed by atoms with Crippen LogP contribution in [0.15, 0.2) is 6.07 Å². The van der Waals surface area contributed by atoms with Gasteiger partial charge in [-0.2, -0.15) is 0 Å². The fraction of sp³-hybridized carbons (Fsp3) is 0.600. The van der Waals surface area contributed by atoms with E-state index in [1.165, 1.54) is 6.42 Å². The largest absolute Gasteiger partial charge is 0.384 e. The Labute approximate surface area is 120 Å². The molecule has 1 saturated heterocycles. The molecule has 0 spiro atoms. The molecular weight excluding hydrogens is 252 g/mol. The number of methoxy groups -OCH3 is 1. The number of nitrogens with zero attached hydrogens (tertiary/aromatic N) is 2. The number of aromatic nitrogens is 1. The van der Waals surface area contributed by atoms with Crippen molar-refractivity contribution in [1.82, 2.24) is 4.98 Å². The first kappa shape index (κ1) is 14.8. The van der Waals surface area contributed by atoms with E-state index in [-0.39, 0.29) is 5.84 Å². The molecule has 0 amide bonds. The zero-order valence-electron chi connectivity index (χ0n) is 12.6. The lowest BCUT2D eigenvalue weighted by Crippen LogP contribution is -2.39. The van der Waals surface area contributed by atoms with Gasteiger partial charge in [-0.15, -0.1) is 0 Å². The van der Waals surface area contributed by atoms with E-state index in [1.807, 2.05) is 19.9 Å². The summed E-state index contributed by atoms with van der Waals surface area (Å²) in [6.45, 7) is 6.64. The maximum atomic E-state index is 7.82. The van der Waals surface area contributed by atoms with Gasteiger partial charge in [0.25, 0.3) is 0 Å². The summed E-state index contributed by atoms with van der Waals surface area (Å²) in [5.41, 5.74) is 8.52. The smallest absolute Gasteiger partial charge is 0.140 e. The van der Waals surface area contributed by atoms with E-state index in [4.69, 9.17) is 15.9 Å². The van der Waals surface area contributed by atoms with E-state index in [0.717, 1.165) is 48.8 Å². The van der Waals surface area contributed by atoms with E-state index in [2.05, 4.69) is 9.88 Å². The molecule has 5 heteroatoms. The number of aryl methyl sites for hydroxylation is 2. The van der Waals surface area contributed by atoms with Gasteiger partial charge in [-0.3, -0.25) is 5.41 Å². The average Bonchev–Trinajstić information content (AvgIpc) is 2.38. The van der Waals surface area contributed by atoms with Crippen molar-refractivity contribution >= 4 is 11.7 Å². The van der Waals surface area contributed by atoms with Crippen LogP contribution in [0.4, 0.5) is 5.82 Å². The first-order valence-corrected chi connectivity index (χ1v) is 7.09. The monoisotopic (exact) mass is 276 g/mol. The van der Waals surface area contributed by atoms with Gasteiger partial charge < -0.3 is 15.4 Å². The van der Waals surface area contributed by atoms with Gasteiger partial charge >= 0.3 is 0 Å². The lowest BCUT2D eigenvalue weighted by molar-refractivity contribution is 0.143. The van der Waals surface area contributed by atoms with Crippen molar-refractivity contribution in [3.05, 3.63) is 22.9 Å². The molecule has 110 valence electrons. The van der Waals surface area contributed by atoms with Crippen LogP contribution in [0.3, 0.4) is 0 Å². The summed E-state index contributed by atoms with van der Waals surface area (Å²) < 4.78 is 5.28. The first-order valence-electron chi connectivity index (χ1n) is 7.09. The Morgan fingerprint density at radius 2 is 2.30 bits per heavy atom.